The number of nitrogens with zero attached hydrogens (tertiary/aromatic N) is 2. The van der Waals surface area contributed by atoms with Crippen LogP contribution in [0.4, 0.5) is 0 Å². The van der Waals surface area contributed by atoms with E-state index in [1.54, 1.807) is 19.2 Å². The fourth-order valence-electron chi connectivity index (χ4n) is 4.55. The highest BCUT2D eigenvalue weighted by molar-refractivity contribution is 5.91. The normalized spacial score (nSPS) is 18.0. The Kier molecular flexibility index (Phi) is 10.3. The number of rotatable bonds is 12. The first-order valence-corrected chi connectivity index (χ1v) is 13.1. The molecule has 2 heterocycles. The molecule has 0 radical (unpaired) electrons. The Bertz CT molecular complexity index is 1140. The molecule has 3 rings (SSSR count). The quantitative estimate of drug-likeness (QED) is 0.323. The molecule has 2 N–H and O–H groups in total. The molecular formula is C29H39N3O6. The molecule has 206 valence electrons. The Hall–Kier alpha value is -3.35. The monoisotopic (exact) mass is 525 g/mol. The van der Waals surface area contributed by atoms with Crippen LogP contribution in [-0.2, 0) is 20.9 Å². The maximum absolute atomic E-state index is 13.7. The highest BCUT2D eigenvalue weighted by atomic mass is 16.5. The Morgan fingerprint density at radius 2 is 2.03 bits per heavy atom. The molecule has 0 saturated carbocycles. The van der Waals surface area contributed by atoms with Gasteiger partial charge in [-0.2, -0.15) is 0 Å². The second-order valence-corrected chi connectivity index (χ2v) is 10.3. The Morgan fingerprint density at radius 3 is 2.66 bits per heavy atom. The number of nitrogens with one attached hydrogen (secondary N) is 1. The number of hydrogen-bond acceptors (Lipinski definition) is 7. The van der Waals surface area contributed by atoms with Crippen molar-refractivity contribution in [2.75, 3.05) is 26.9 Å². The number of amides is 2. The average molecular weight is 526 g/mol. The summed E-state index contributed by atoms with van der Waals surface area (Å²) in [6.07, 6.45) is 5.62. The van der Waals surface area contributed by atoms with Gasteiger partial charge in [-0.05, 0) is 24.0 Å². The summed E-state index contributed by atoms with van der Waals surface area (Å²) in [6, 6.07) is 6.37. The zero-order valence-electron chi connectivity index (χ0n) is 22.9. The van der Waals surface area contributed by atoms with Crippen molar-refractivity contribution < 1.29 is 28.7 Å². The molecule has 1 aliphatic rings. The minimum Gasteiger partial charge on any atom is -0.493 e. The van der Waals surface area contributed by atoms with Gasteiger partial charge in [0.15, 0.2) is 0 Å². The van der Waals surface area contributed by atoms with Crippen LogP contribution in [0.3, 0.4) is 0 Å². The van der Waals surface area contributed by atoms with Crippen LogP contribution < -0.4 is 10.1 Å². The minimum atomic E-state index is -0.803. The van der Waals surface area contributed by atoms with Crippen LogP contribution in [0.1, 0.15) is 75.0 Å². The molecule has 1 aromatic heterocycles. The summed E-state index contributed by atoms with van der Waals surface area (Å²) in [5.41, 5.74) is 2.20. The first kappa shape index (κ1) is 29.2. The summed E-state index contributed by atoms with van der Waals surface area (Å²) in [7, 11) is 1.63. The number of β-amino-alcohol motifs (C(OH)–C–C–N with tert-alkyl or cyclic N) is 1. The molecule has 0 bridgehead atoms. The molecule has 1 saturated heterocycles. The number of carbonyl (C=O) groups excluding carboxylic acids is 2. The van der Waals surface area contributed by atoms with Crippen molar-refractivity contribution >= 4 is 11.8 Å². The van der Waals surface area contributed by atoms with Crippen LogP contribution in [0.15, 0.2) is 28.8 Å². The minimum absolute atomic E-state index is 0.0794. The lowest BCUT2D eigenvalue weighted by Gasteiger charge is -2.28. The summed E-state index contributed by atoms with van der Waals surface area (Å²) in [5, 5.41) is 17.4. The highest BCUT2D eigenvalue weighted by Crippen LogP contribution is 2.32. The molecule has 1 aliphatic heterocycles. The van der Waals surface area contributed by atoms with Crippen molar-refractivity contribution in [2.45, 2.75) is 71.1 Å². The van der Waals surface area contributed by atoms with E-state index in [0.29, 0.717) is 36.7 Å². The van der Waals surface area contributed by atoms with Crippen molar-refractivity contribution in [2.24, 2.45) is 5.92 Å². The number of ether oxygens (including phenoxy) is 2. The van der Waals surface area contributed by atoms with Gasteiger partial charge < -0.3 is 29.3 Å². The van der Waals surface area contributed by atoms with Gasteiger partial charge in [-0.15, -0.1) is 6.42 Å². The maximum atomic E-state index is 13.7. The SMILES string of the molecule is C#Cc1ccc(CNC(=O)[C@@H]2C[C@@H](O)CN2C(=O)[C@@H](c2cc(C(C)C)no2)C(C)C)c(OCCCOC)c1. The largest absolute Gasteiger partial charge is 0.493 e. The number of methoxy groups -OCH3 is 1. The zero-order chi connectivity index (χ0) is 27.8. The highest BCUT2D eigenvalue weighted by Gasteiger charge is 2.43. The van der Waals surface area contributed by atoms with Gasteiger partial charge in [-0.25, -0.2) is 0 Å². The smallest absolute Gasteiger partial charge is 0.243 e. The van der Waals surface area contributed by atoms with E-state index in [-0.39, 0.29) is 43.2 Å². The molecule has 0 aliphatic carbocycles. The number of aromatic nitrogens is 1. The lowest BCUT2D eigenvalue weighted by Crippen LogP contribution is -2.48. The molecular weight excluding hydrogens is 486 g/mol. The van der Waals surface area contributed by atoms with Gasteiger partial charge in [0.05, 0.1) is 18.4 Å². The molecule has 38 heavy (non-hydrogen) atoms. The van der Waals surface area contributed by atoms with Gasteiger partial charge in [-0.3, -0.25) is 9.59 Å². The van der Waals surface area contributed by atoms with E-state index in [4.69, 9.17) is 20.4 Å². The van der Waals surface area contributed by atoms with Crippen molar-refractivity contribution in [1.82, 2.24) is 15.4 Å². The van der Waals surface area contributed by atoms with Gasteiger partial charge >= 0.3 is 0 Å². The summed E-state index contributed by atoms with van der Waals surface area (Å²) < 4.78 is 16.5. The predicted octanol–water partition coefficient (Wildman–Crippen LogP) is 3.21. The molecule has 0 unspecified atom stereocenters. The van der Waals surface area contributed by atoms with E-state index in [2.05, 4.69) is 16.4 Å². The van der Waals surface area contributed by atoms with E-state index >= 15 is 0 Å². The van der Waals surface area contributed by atoms with Crippen LogP contribution in [-0.4, -0.2) is 66.0 Å². The number of aliphatic hydroxyl groups excluding tert-OH is 1. The maximum Gasteiger partial charge on any atom is 0.243 e. The molecule has 9 nitrogen and oxygen atoms in total. The number of carbonyl (C=O) groups is 2. The zero-order valence-corrected chi connectivity index (χ0v) is 22.9. The first-order valence-electron chi connectivity index (χ1n) is 13.1. The van der Waals surface area contributed by atoms with E-state index < -0.39 is 18.1 Å². The van der Waals surface area contributed by atoms with E-state index in [9.17, 15) is 14.7 Å². The van der Waals surface area contributed by atoms with Crippen molar-refractivity contribution in [1.29, 1.82) is 0 Å². The molecule has 2 amide bonds. The van der Waals surface area contributed by atoms with E-state index in [1.165, 1.54) is 4.90 Å². The lowest BCUT2D eigenvalue weighted by atomic mass is 9.90. The summed E-state index contributed by atoms with van der Waals surface area (Å²) in [4.78, 5) is 28.5. The summed E-state index contributed by atoms with van der Waals surface area (Å²) in [6.45, 7) is 9.13. The molecule has 2 aromatic rings. The van der Waals surface area contributed by atoms with Crippen LogP contribution in [0.5, 0.6) is 5.75 Å². The number of benzene rings is 1. The second-order valence-electron chi connectivity index (χ2n) is 10.3. The third kappa shape index (κ3) is 7.15. The average Bonchev–Trinajstić information content (AvgIpc) is 3.52. The van der Waals surface area contributed by atoms with Crippen LogP contribution in [0.25, 0.3) is 0 Å². The topological polar surface area (TPSA) is 114 Å². The van der Waals surface area contributed by atoms with Crippen LogP contribution in [0, 0.1) is 18.3 Å². The summed E-state index contributed by atoms with van der Waals surface area (Å²) in [5.74, 6) is 2.50. The number of terminal acetylenes is 1. The number of hydrogen-bond donors (Lipinski definition) is 2. The lowest BCUT2D eigenvalue weighted by molar-refractivity contribution is -0.141. The van der Waals surface area contributed by atoms with Crippen molar-refractivity contribution in [3.05, 3.63) is 46.8 Å². The standard InChI is InChI=1S/C29H39N3O6/c1-7-20-9-10-21(25(13-20)37-12-8-11-36-6)16-30-28(34)24-14-22(33)17-32(24)29(35)27(19(4)5)26-15-23(18(2)3)31-38-26/h1,9-10,13,15,18-19,22,24,27,33H,8,11-12,14,16-17H2,2-6H3,(H,30,34)/t22-,24+,27-/m1/s1. The Balaban J connectivity index is 1.73. The first-order chi connectivity index (χ1) is 18.2. The molecule has 1 fully saturated rings. The van der Waals surface area contributed by atoms with Crippen molar-refractivity contribution in [3.63, 3.8) is 0 Å². The predicted molar refractivity (Wildman–Crippen MR) is 143 cm³/mol. The van der Waals surface area contributed by atoms with Gasteiger partial charge in [0.2, 0.25) is 11.8 Å². The third-order valence-corrected chi connectivity index (χ3v) is 6.68. The third-order valence-electron chi connectivity index (χ3n) is 6.68. The van der Waals surface area contributed by atoms with Gasteiger partial charge in [0, 0.05) is 56.8 Å². The second kappa shape index (κ2) is 13.4. The number of likely N-dealkylation sites (tertiary alicyclic amines) is 1. The fourth-order valence-corrected chi connectivity index (χ4v) is 4.55. The molecule has 1 aromatic carbocycles. The van der Waals surface area contributed by atoms with Crippen LogP contribution in [0.2, 0.25) is 0 Å². The Morgan fingerprint density at radius 1 is 1.26 bits per heavy atom. The van der Waals surface area contributed by atoms with Gasteiger partial charge in [0.25, 0.3) is 0 Å². The van der Waals surface area contributed by atoms with Gasteiger partial charge in [-0.1, -0.05) is 44.8 Å². The Labute approximate surface area is 224 Å². The molecule has 0 spiro atoms. The fraction of sp³-hybridized carbons (Fsp3) is 0.552. The van der Waals surface area contributed by atoms with E-state index in [0.717, 1.165) is 11.3 Å². The van der Waals surface area contributed by atoms with Gasteiger partial charge in [0.1, 0.15) is 23.5 Å². The van der Waals surface area contributed by atoms with Crippen LogP contribution >= 0.6 is 0 Å². The van der Waals surface area contributed by atoms with E-state index in [1.807, 2.05) is 39.8 Å². The van der Waals surface area contributed by atoms with Crippen molar-refractivity contribution in [3.8, 4) is 18.1 Å². The summed E-state index contributed by atoms with van der Waals surface area (Å²) >= 11 is 0. The number of aliphatic hydroxyl groups is 1. The molecule has 9 heteroatoms. The molecule has 3 atom stereocenters.